The Bertz CT molecular complexity index is 617. The first-order valence-electron chi connectivity index (χ1n) is 8.25. The maximum absolute atomic E-state index is 9.41. The molecule has 0 spiro atoms. The summed E-state index contributed by atoms with van der Waals surface area (Å²) in [4.78, 5) is 4.35. The maximum atomic E-state index is 9.41. The van der Waals surface area contributed by atoms with Crippen molar-refractivity contribution in [1.29, 1.82) is 5.26 Å². The highest BCUT2D eigenvalue weighted by atomic mass is 16.7. The number of aromatic nitrogens is 1. The van der Waals surface area contributed by atoms with E-state index in [0.29, 0.717) is 11.4 Å². The molecule has 1 aliphatic carbocycles. The molecule has 0 atom stereocenters. The third-order valence-electron chi connectivity index (χ3n) is 5.10. The fraction of sp³-hybridized carbons (Fsp3) is 0.647. The first-order valence-corrected chi connectivity index (χ1v) is 8.25. The van der Waals surface area contributed by atoms with Crippen molar-refractivity contribution < 1.29 is 14.0 Å². The standard InChI is InChI=1S/C17H23BN2O3/c1-16(2)17(3,4)23-18(22-16)13-9-12(10-19)15(20-11-13)21-14-7-5-6-8-14/h9,11,14H,5-8H2,1-4H3. The van der Waals surface area contributed by atoms with Crippen molar-refractivity contribution >= 4 is 12.6 Å². The number of ether oxygens (including phenoxy) is 1. The highest BCUT2D eigenvalue weighted by Crippen LogP contribution is 2.36. The number of rotatable bonds is 3. The van der Waals surface area contributed by atoms with E-state index in [2.05, 4.69) is 11.1 Å². The summed E-state index contributed by atoms with van der Waals surface area (Å²) < 4.78 is 17.9. The van der Waals surface area contributed by atoms with Crippen LogP contribution in [0.25, 0.3) is 0 Å². The van der Waals surface area contributed by atoms with Gasteiger partial charge in [0.15, 0.2) is 0 Å². The van der Waals surface area contributed by atoms with E-state index in [9.17, 15) is 5.26 Å². The second-order valence-electron chi connectivity index (χ2n) is 7.35. The number of nitrogens with zero attached hydrogens (tertiary/aromatic N) is 2. The van der Waals surface area contributed by atoms with Gasteiger partial charge in [-0.2, -0.15) is 5.26 Å². The van der Waals surface area contributed by atoms with Gasteiger partial charge < -0.3 is 14.0 Å². The molecule has 0 unspecified atom stereocenters. The van der Waals surface area contributed by atoms with E-state index in [4.69, 9.17) is 14.0 Å². The Kier molecular flexibility index (Phi) is 4.11. The van der Waals surface area contributed by atoms with E-state index >= 15 is 0 Å². The zero-order valence-corrected chi connectivity index (χ0v) is 14.3. The summed E-state index contributed by atoms with van der Waals surface area (Å²) in [5, 5.41) is 9.41. The smallest absolute Gasteiger partial charge is 0.473 e. The van der Waals surface area contributed by atoms with Crippen LogP contribution < -0.4 is 10.2 Å². The second-order valence-corrected chi connectivity index (χ2v) is 7.35. The van der Waals surface area contributed by atoms with Crippen molar-refractivity contribution in [2.24, 2.45) is 0 Å². The molecule has 1 saturated heterocycles. The summed E-state index contributed by atoms with van der Waals surface area (Å²) in [6.45, 7) is 8.01. The lowest BCUT2D eigenvalue weighted by Gasteiger charge is -2.32. The largest absolute Gasteiger partial charge is 0.496 e. The monoisotopic (exact) mass is 314 g/mol. The maximum Gasteiger partial charge on any atom is 0.496 e. The molecular formula is C17H23BN2O3. The van der Waals surface area contributed by atoms with Gasteiger partial charge in [0.1, 0.15) is 17.7 Å². The summed E-state index contributed by atoms with van der Waals surface area (Å²) in [5.41, 5.74) is 0.357. The number of hydrogen-bond acceptors (Lipinski definition) is 5. The third-order valence-corrected chi connectivity index (χ3v) is 5.10. The summed E-state index contributed by atoms with van der Waals surface area (Å²) in [7, 11) is -0.514. The van der Waals surface area contributed by atoms with Crippen LogP contribution in [-0.2, 0) is 9.31 Å². The second kappa shape index (κ2) is 5.81. The van der Waals surface area contributed by atoms with Gasteiger partial charge in [-0.3, -0.25) is 0 Å². The van der Waals surface area contributed by atoms with Gasteiger partial charge in [0.05, 0.1) is 11.2 Å². The molecule has 0 aromatic carbocycles. The van der Waals surface area contributed by atoms with E-state index in [1.807, 2.05) is 27.7 Å². The zero-order valence-electron chi connectivity index (χ0n) is 14.3. The molecule has 1 aromatic rings. The van der Waals surface area contributed by atoms with Gasteiger partial charge in [0.2, 0.25) is 5.88 Å². The highest BCUT2D eigenvalue weighted by molar-refractivity contribution is 6.62. The molecule has 3 rings (SSSR count). The normalized spacial score (nSPS) is 23.0. The van der Waals surface area contributed by atoms with E-state index in [-0.39, 0.29) is 6.10 Å². The van der Waals surface area contributed by atoms with E-state index in [1.165, 1.54) is 12.8 Å². The van der Waals surface area contributed by atoms with Crippen LogP contribution in [0.15, 0.2) is 12.3 Å². The molecule has 0 bridgehead atoms. The van der Waals surface area contributed by atoms with Gasteiger partial charge in [-0.05, 0) is 59.4 Å². The Morgan fingerprint density at radius 2 is 1.83 bits per heavy atom. The van der Waals surface area contributed by atoms with Crippen LogP contribution in [0.3, 0.4) is 0 Å². The van der Waals surface area contributed by atoms with Crippen molar-refractivity contribution in [3.63, 3.8) is 0 Å². The zero-order chi connectivity index (χ0) is 16.7. The van der Waals surface area contributed by atoms with Crippen LogP contribution in [0.5, 0.6) is 5.88 Å². The predicted octanol–water partition coefficient (Wildman–Crippen LogP) is 2.57. The summed E-state index contributed by atoms with van der Waals surface area (Å²) in [6, 6.07) is 3.94. The van der Waals surface area contributed by atoms with Crippen molar-refractivity contribution in [2.75, 3.05) is 0 Å². The topological polar surface area (TPSA) is 64.4 Å². The Labute approximate surface area is 138 Å². The molecule has 2 aliphatic rings. The lowest BCUT2D eigenvalue weighted by Crippen LogP contribution is -2.41. The molecule has 1 saturated carbocycles. The molecule has 2 fully saturated rings. The van der Waals surface area contributed by atoms with Gasteiger partial charge in [0.25, 0.3) is 0 Å². The summed E-state index contributed by atoms with van der Waals surface area (Å²) in [6.07, 6.45) is 6.29. The number of pyridine rings is 1. The van der Waals surface area contributed by atoms with Crippen LogP contribution in [-0.4, -0.2) is 29.4 Å². The van der Waals surface area contributed by atoms with E-state index in [0.717, 1.165) is 18.3 Å². The SMILES string of the molecule is CC1(C)OB(c2cnc(OC3CCCC3)c(C#N)c2)OC1(C)C. The Hall–Kier alpha value is -1.58. The fourth-order valence-corrected chi connectivity index (χ4v) is 2.91. The van der Waals surface area contributed by atoms with Gasteiger partial charge >= 0.3 is 7.12 Å². The molecule has 6 heteroatoms. The molecule has 2 heterocycles. The summed E-state index contributed by atoms with van der Waals surface area (Å²) in [5.74, 6) is 0.416. The number of nitriles is 1. The lowest BCUT2D eigenvalue weighted by molar-refractivity contribution is 0.00578. The molecule has 23 heavy (non-hydrogen) atoms. The Morgan fingerprint density at radius 1 is 1.22 bits per heavy atom. The molecule has 1 aliphatic heterocycles. The molecule has 0 N–H and O–H groups in total. The third kappa shape index (κ3) is 3.08. The highest BCUT2D eigenvalue weighted by Gasteiger charge is 2.51. The van der Waals surface area contributed by atoms with Crippen LogP contribution in [0.2, 0.25) is 0 Å². The molecular weight excluding hydrogens is 291 g/mol. The minimum Gasteiger partial charge on any atom is -0.473 e. The van der Waals surface area contributed by atoms with Crippen molar-refractivity contribution in [1.82, 2.24) is 4.98 Å². The van der Waals surface area contributed by atoms with Crippen molar-refractivity contribution in [3.8, 4) is 11.9 Å². The first-order chi connectivity index (χ1) is 10.8. The average molecular weight is 314 g/mol. The van der Waals surface area contributed by atoms with E-state index < -0.39 is 18.3 Å². The minimum absolute atomic E-state index is 0.178. The minimum atomic E-state index is -0.514. The van der Waals surface area contributed by atoms with Gasteiger partial charge in [-0.1, -0.05) is 0 Å². The lowest BCUT2D eigenvalue weighted by atomic mass is 9.80. The van der Waals surface area contributed by atoms with Gasteiger partial charge in [0, 0.05) is 11.7 Å². The fourth-order valence-electron chi connectivity index (χ4n) is 2.91. The number of hydrogen-bond donors (Lipinski definition) is 0. The molecule has 1 aromatic heterocycles. The van der Waals surface area contributed by atoms with E-state index in [1.54, 1.807) is 12.3 Å². The summed E-state index contributed by atoms with van der Waals surface area (Å²) >= 11 is 0. The first kappa shape index (κ1) is 16.3. The predicted molar refractivity (Wildman–Crippen MR) is 87.6 cm³/mol. The van der Waals surface area contributed by atoms with Crippen LogP contribution in [0, 0.1) is 11.3 Å². The average Bonchev–Trinajstić information content (AvgIpc) is 3.06. The Balaban J connectivity index is 1.81. The Morgan fingerprint density at radius 3 is 2.39 bits per heavy atom. The van der Waals surface area contributed by atoms with Crippen molar-refractivity contribution in [2.45, 2.75) is 70.7 Å². The molecule has 0 amide bonds. The molecule has 5 nitrogen and oxygen atoms in total. The van der Waals surface area contributed by atoms with Crippen LogP contribution >= 0.6 is 0 Å². The van der Waals surface area contributed by atoms with Crippen molar-refractivity contribution in [3.05, 3.63) is 17.8 Å². The van der Waals surface area contributed by atoms with Gasteiger partial charge in [-0.15, -0.1) is 0 Å². The quantitative estimate of drug-likeness (QED) is 0.802. The molecule has 122 valence electrons. The van der Waals surface area contributed by atoms with Crippen LogP contribution in [0.4, 0.5) is 0 Å². The van der Waals surface area contributed by atoms with Gasteiger partial charge in [-0.25, -0.2) is 4.98 Å². The van der Waals surface area contributed by atoms with Crippen LogP contribution in [0.1, 0.15) is 58.9 Å². The molecule has 0 radical (unpaired) electrons.